The highest BCUT2D eigenvalue weighted by Crippen LogP contribution is 2.38. The number of hydrogen-bond donors (Lipinski definition) is 4. The van der Waals surface area contributed by atoms with Crippen molar-refractivity contribution in [2.24, 2.45) is 17.2 Å². The van der Waals surface area contributed by atoms with Crippen molar-refractivity contribution in [3.8, 4) is 0 Å². The van der Waals surface area contributed by atoms with Gasteiger partial charge in [0.2, 0.25) is 0 Å². The maximum atomic E-state index is 12.8. The molecule has 0 spiro atoms. The van der Waals surface area contributed by atoms with Gasteiger partial charge in [0, 0.05) is 0 Å². The number of aliphatic hydroxyl groups is 1. The van der Waals surface area contributed by atoms with Gasteiger partial charge >= 0.3 is 36.2 Å². The molecule has 3 amide bonds. The molecule has 13 heteroatoms. The van der Waals surface area contributed by atoms with E-state index in [1.54, 1.807) is 24.3 Å². The number of carbonyl (C=O) groups is 6. The lowest BCUT2D eigenvalue weighted by atomic mass is 9.78. The molecule has 0 aromatic heterocycles. The summed E-state index contributed by atoms with van der Waals surface area (Å²) in [6.45, 7) is 0. The van der Waals surface area contributed by atoms with Crippen LogP contribution in [-0.2, 0) is 28.6 Å². The lowest BCUT2D eigenvalue weighted by molar-refractivity contribution is -0.173. The second-order valence-electron chi connectivity index (χ2n) is 6.34. The molecule has 0 aliphatic carbocycles. The van der Waals surface area contributed by atoms with Gasteiger partial charge in [0.1, 0.15) is 5.92 Å². The second kappa shape index (κ2) is 9.53. The Kier molecular flexibility index (Phi) is 7.07. The molecule has 168 valence electrons. The van der Waals surface area contributed by atoms with Crippen LogP contribution in [0.5, 0.6) is 0 Å². The van der Waals surface area contributed by atoms with Gasteiger partial charge in [-0.05, 0) is 16.3 Å². The zero-order valence-electron chi connectivity index (χ0n) is 16.2. The summed E-state index contributed by atoms with van der Waals surface area (Å²) in [5, 5.41) is 12.0. The van der Waals surface area contributed by atoms with Gasteiger partial charge in [0.25, 0.3) is 0 Å². The third-order valence-corrected chi connectivity index (χ3v) is 4.22. The molecule has 7 N–H and O–H groups in total. The summed E-state index contributed by atoms with van der Waals surface area (Å²) >= 11 is 0. The Hall–Kier alpha value is -4.52. The zero-order chi connectivity index (χ0) is 24.1. The number of esters is 3. The summed E-state index contributed by atoms with van der Waals surface area (Å²) in [7, 11) is 0. The lowest BCUT2D eigenvalue weighted by Gasteiger charge is -2.31. The van der Waals surface area contributed by atoms with Gasteiger partial charge in [-0.2, -0.15) is 0 Å². The van der Waals surface area contributed by atoms with E-state index in [2.05, 4.69) is 14.2 Å². The molecule has 0 saturated carbocycles. The summed E-state index contributed by atoms with van der Waals surface area (Å²) in [6, 6.07) is 10.7. The van der Waals surface area contributed by atoms with E-state index >= 15 is 0 Å². The van der Waals surface area contributed by atoms with Crippen LogP contribution in [0.3, 0.4) is 0 Å². The molecule has 0 bridgehead atoms. The molecule has 0 radical (unpaired) electrons. The van der Waals surface area contributed by atoms with Crippen LogP contribution in [-0.4, -0.2) is 46.9 Å². The van der Waals surface area contributed by atoms with E-state index in [0.29, 0.717) is 5.39 Å². The van der Waals surface area contributed by atoms with Crippen LogP contribution < -0.4 is 17.2 Å². The smallest absolute Gasteiger partial charge is 0.377 e. The molecule has 2 atom stereocenters. The normalized spacial score (nSPS) is 13.3. The molecule has 32 heavy (non-hydrogen) atoms. The van der Waals surface area contributed by atoms with E-state index in [9.17, 15) is 33.9 Å². The van der Waals surface area contributed by atoms with Crippen molar-refractivity contribution in [2.75, 3.05) is 0 Å². The Labute approximate surface area is 179 Å². The maximum absolute atomic E-state index is 12.8. The average Bonchev–Trinajstić information content (AvgIpc) is 2.66. The second-order valence-corrected chi connectivity index (χ2v) is 6.34. The van der Waals surface area contributed by atoms with Crippen molar-refractivity contribution in [3.63, 3.8) is 0 Å². The van der Waals surface area contributed by atoms with Gasteiger partial charge in [0.15, 0.2) is 5.60 Å². The molecule has 0 saturated heterocycles. The predicted molar refractivity (Wildman–Crippen MR) is 103 cm³/mol. The number of primary amides is 3. The molecule has 13 nitrogen and oxygen atoms in total. The number of fused-ring (bicyclic) bond motifs is 1. The van der Waals surface area contributed by atoms with Gasteiger partial charge in [-0.3, -0.25) is 9.59 Å². The fourth-order valence-electron chi connectivity index (χ4n) is 3.08. The van der Waals surface area contributed by atoms with Crippen LogP contribution in [0.1, 0.15) is 17.9 Å². The number of nitrogens with two attached hydrogens (primary N) is 3. The molecule has 0 aliphatic heterocycles. The Morgan fingerprint density at radius 3 is 1.97 bits per heavy atom. The third-order valence-electron chi connectivity index (χ3n) is 4.22. The van der Waals surface area contributed by atoms with Gasteiger partial charge in [-0.1, -0.05) is 42.5 Å². The molecule has 2 unspecified atom stereocenters. The molecule has 0 heterocycles. The first-order chi connectivity index (χ1) is 15.0. The summed E-state index contributed by atoms with van der Waals surface area (Å²) in [4.78, 5) is 70.7. The average molecular weight is 447 g/mol. The van der Waals surface area contributed by atoms with Crippen molar-refractivity contribution in [3.05, 3.63) is 48.0 Å². The number of ether oxygens (including phenoxy) is 3. The van der Waals surface area contributed by atoms with Crippen LogP contribution in [0.4, 0.5) is 14.4 Å². The fourth-order valence-corrected chi connectivity index (χ4v) is 3.08. The summed E-state index contributed by atoms with van der Waals surface area (Å²) in [5.41, 5.74) is 11.1. The van der Waals surface area contributed by atoms with Crippen LogP contribution >= 0.6 is 0 Å². The lowest BCUT2D eigenvalue weighted by Crippen LogP contribution is -2.52. The standard InChI is InChI=1S/C19H17N3O10/c20-16(26)30-12(23)8-19(29,15(25)32-18(22)28)13(14(24)31-17(21)27)11-7-3-5-9-4-1-2-6-10(9)11/h1-7,13,29H,8H2,(H2,20,26)(H2,21,27)(H2,22,28). The summed E-state index contributed by atoms with van der Waals surface area (Å²) in [5.74, 6) is -7.19. The van der Waals surface area contributed by atoms with Crippen LogP contribution in [0, 0.1) is 0 Å². The van der Waals surface area contributed by atoms with Crippen molar-refractivity contribution in [1.82, 2.24) is 0 Å². The minimum absolute atomic E-state index is 0.120. The molecular formula is C19H17N3O10. The van der Waals surface area contributed by atoms with Gasteiger partial charge in [-0.15, -0.1) is 0 Å². The van der Waals surface area contributed by atoms with Crippen molar-refractivity contribution in [2.45, 2.75) is 17.9 Å². The van der Waals surface area contributed by atoms with Crippen LogP contribution in [0.25, 0.3) is 10.8 Å². The number of amides is 3. The number of hydrogen-bond acceptors (Lipinski definition) is 10. The predicted octanol–water partition coefficient (Wildman–Crippen LogP) is -0.0897. The van der Waals surface area contributed by atoms with E-state index < -0.39 is 54.1 Å². The Morgan fingerprint density at radius 2 is 1.38 bits per heavy atom. The minimum atomic E-state index is -3.25. The molecule has 2 rings (SSSR count). The topological polar surface area (TPSA) is 228 Å². The number of carbonyl (C=O) groups excluding carboxylic acids is 6. The van der Waals surface area contributed by atoms with Gasteiger partial charge in [0.05, 0.1) is 6.42 Å². The first-order valence-electron chi connectivity index (χ1n) is 8.68. The first kappa shape index (κ1) is 23.8. The largest absolute Gasteiger partial charge is 0.412 e. The number of rotatable bonds is 6. The zero-order valence-corrected chi connectivity index (χ0v) is 16.2. The quantitative estimate of drug-likeness (QED) is 0.261. The molecule has 2 aromatic carbocycles. The van der Waals surface area contributed by atoms with Gasteiger partial charge in [-0.25, -0.2) is 19.2 Å². The third kappa shape index (κ3) is 5.34. The van der Waals surface area contributed by atoms with E-state index in [-0.39, 0.29) is 10.9 Å². The SMILES string of the molecule is NC(=O)OC(=O)CC(O)(C(=O)OC(N)=O)C(C(=O)OC(N)=O)c1cccc2ccccc12. The highest BCUT2D eigenvalue weighted by Gasteiger charge is 2.54. The molecule has 2 aromatic rings. The Balaban J connectivity index is 2.75. The summed E-state index contributed by atoms with van der Waals surface area (Å²) < 4.78 is 12.7. The first-order valence-corrected chi connectivity index (χ1v) is 8.68. The molecular weight excluding hydrogens is 430 g/mol. The maximum Gasteiger partial charge on any atom is 0.412 e. The summed E-state index contributed by atoms with van der Waals surface area (Å²) in [6.07, 6.45) is -6.28. The highest BCUT2D eigenvalue weighted by atomic mass is 16.6. The minimum Gasteiger partial charge on any atom is -0.377 e. The molecule has 0 fully saturated rings. The van der Waals surface area contributed by atoms with Crippen LogP contribution in [0.15, 0.2) is 42.5 Å². The van der Waals surface area contributed by atoms with E-state index in [4.69, 9.17) is 17.2 Å². The fraction of sp³-hybridized carbons (Fsp3) is 0.158. The van der Waals surface area contributed by atoms with E-state index in [1.807, 2.05) is 0 Å². The van der Waals surface area contributed by atoms with E-state index in [1.165, 1.54) is 18.2 Å². The van der Waals surface area contributed by atoms with E-state index in [0.717, 1.165) is 0 Å². The molecule has 0 aliphatic rings. The number of benzene rings is 2. The van der Waals surface area contributed by atoms with Gasteiger partial charge < -0.3 is 36.5 Å². The van der Waals surface area contributed by atoms with Crippen molar-refractivity contribution < 1.29 is 48.1 Å². The van der Waals surface area contributed by atoms with Crippen molar-refractivity contribution in [1.29, 1.82) is 0 Å². The Bertz CT molecular complexity index is 1110. The highest BCUT2D eigenvalue weighted by molar-refractivity contribution is 6.02. The van der Waals surface area contributed by atoms with Crippen LogP contribution in [0.2, 0.25) is 0 Å². The Morgan fingerprint density at radius 1 is 0.812 bits per heavy atom. The van der Waals surface area contributed by atoms with Crippen molar-refractivity contribution >= 4 is 47.0 Å². The monoisotopic (exact) mass is 447 g/mol.